The van der Waals surface area contributed by atoms with Crippen LogP contribution in [-0.2, 0) is 31.9 Å². The van der Waals surface area contributed by atoms with Crippen LogP contribution in [0.1, 0.15) is 17.5 Å². The molecule has 2 aromatic rings. The van der Waals surface area contributed by atoms with Gasteiger partial charge in [-0.05, 0) is 24.6 Å². The van der Waals surface area contributed by atoms with Crippen molar-refractivity contribution in [3.8, 4) is 17.4 Å². The first-order valence-electron chi connectivity index (χ1n) is 10.2. The van der Waals surface area contributed by atoms with Gasteiger partial charge in [0, 0.05) is 44.6 Å². The number of nitrogens with one attached hydrogen (secondary N) is 2. The minimum absolute atomic E-state index is 0.00306. The van der Waals surface area contributed by atoms with Gasteiger partial charge < -0.3 is 28.8 Å². The van der Waals surface area contributed by atoms with Gasteiger partial charge in [-0.1, -0.05) is 11.6 Å². The molecular formula is C20H23ClF3N3O8S. The van der Waals surface area contributed by atoms with E-state index in [4.69, 9.17) is 30.9 Å². The summed E-state index contributed by atoms with van der Waals surface area (Å²) < 4.78 is 84.4. The summed E-state index contributed by atoms with van der Waals surface area (Å²) in [7, 11) is -2.93. The molecule has 0 radical (unpaired) electrons. The highest BCUT2D eigenvalue weighted by molar-refractivity contribution is 7.85. The summed E-state index contributed by atoms with van der Waals surface area (Å²) in [6.07, 6.45) is -5.31. The number of aliphatic hydroxyl groups excluding tert-OH is 1. The third-order valence-corrected chi connectivity index (χ3v) is 5.36. The quantitative estimate of drug-likeness (QED) is 0.316. The number of methoxy groups -OCH3 is 1. The molecule has 0 unspecified atom stereocenters. The van der Waals surface area contributed by atoms with Gasteiger partial charge >= 0.3 is 22.6 Å². The number of pyridine rings is 1. The Morgan fingerprint density at radius 2 is 1.97 bits per heavy atom. The van der Waals surface area contributed by atoms with Crippen molar-refractivity contribution < 1.29 is 49.9 Å². The molecule has 16 heteroatoms. The summed E-state index contributed by atoms with van der Waals surface area (Å²) in [5, 5.41) is 10.5. The number of halogens is 4. The zero-order valence-electron chi connectivity index (χ0n) is 18.8. The number of alkyl halides is 3. The van der Waals surface area contributed by atoms with Crippen LogP contribution in [0.5, 0.6) is 17.4 Å². The SMILES string of the molecule is COCCOc1ccc(CNC(=O)OS(=O)(=O)NCCCO)c(Oc2ncc(C(F)(F)F)cc2Cl)c1. The molecule has 0 bridgehead atoms. The van der Waals surface area contributed by atoms with Crippen molar-refractivity contribution in [2.24, 2.45) is 0 Å². The van der Waals surface area contributed by atoms with E-state index in [1.165, 1.54) is 25.3 Å². The van der Waals surface area contributed by atoms with Crippen LogP contribution >= 0.6 is 11.6 Å². The van der Waals surface area contributed by atoms with Crippen molar-refractivity contribution in [2.75, 3.05) is 33.5 Å². The molecule has 2 rings (SSSR count). The Kier molecular flexibility index (Phi) is 11.0. The maximum absolute atomic E-state index is 12.9. The molecule has 3 N–H and O–H groups in total. The number of aromatic nitrogens is 1. The number of rotatable bonds is 13. The van der Waals surface area contributed by atoms with Crippen LogP contribution in [0.25, 0.3) is 0 Å². The van der Waals surface area contributed by atoms with E-state index in [1.807, 2.05) is 4.72 Å². The van der Waals surface area contributed by atoms with Crippen LogP contribution < -0.4 is 19.5 Å². The van der Waals surface area contributed by atoms with Gasteiger partial charge in [-0.3, -0.25) is 0 Å². The summed E-state index contributed by atoms with van der Waals surface area (Å²) in [6, 6.07) is 5.00. The van der Waals surface area contributed by atoms with E-state index in [0.717, 1.165) is 0 Å². The molecular weight excluding hydrogens is 535 g/mol. The molecule has 0 saturated heterocycles. The number of benzene rings is 1. The summed E-state index contributed by atoms with van der Waals surface area (Å²) in [5.74, 6) is -0.0476. The monoisotopic (exact) mass is 557 g/mol. The smallest absolute Gasteiger partial charge is 0.423 e. The number of nitrogens with zero attached hydrogens (tertiary/aromatic N) is 1. The van der Waals surface area contributed by atoms with E-state index in [0.29, 0.717) is 18.0 Å². The lowest BCUT2D eigenvalue weighted by molar-refractivity contribution is -0.137. The molecule has 1 aromatic carbocycles. The van der Waals surface area contributed by atoms with Crippen molar-refractivity contribution in [3.63, 3.8) is 0 Å². The van der Waals surface area contributed by atoms with E-state index in [1.54, 1.807) is 0 Å². The van der Waals surface area contributed by atoms with Gasteiger partial charge in [0.15, 0.2) is 0 Å². The third-order valence-electron chi connectivity index (χ3n) is 4.16. The second kappa shape index (κ2) is 13.5. The molecule has 1 aromatic heterocycles. The van der Waals surface area contributed by atoms with E-state index < -0.39 is 33.2 Å². The molecule has 200 valence electrons. The Balaban J connectivity index is 2.19. The lowest BCUT2D eigenvalue weighted by atomic mass is 10.2. The summed E-state index contributed by atoms with van der Waals surface area (Å²) in [5.41, 5.74) is -0.815. The van der Waals surface area contributed by atoms with Crippen LogP contribution in [0.2, 0.25) is 5.02 Å². The first kappa shape index (κ1) is 29.4. The van der Waals surface area contributed by atoms with Gasteiger partial charge in [-0.25, -0.2) is 9.78 Å². The van der Waals surface area contributed by atoms with Crippen molar-refractivity contribution in [2.45, 2.75) is 19.1 Å². The lowest BCUT2D eigenvalue weighted by Gasteiger charge is -2.15. The lowest BCUT2D eigenvalue weighted by Crippen LogP contribution is -2.34. The fourth-order valence-electron chi connectivity index (χ4n) is 2.47. The van der Waals surface area contributed by atoms with Crippen LogP contribution in [0.4, 0.5) is 18.0 Å². The predicted molar refractivity (Wildman–Crippen MR) is 120 cm³/mol. The van der Waals surface area contributed by atoms with E-state index in [2.05, 4.69) is 14.5 Å². The molecule has 0 spiro atoms. The number of carbonyl (C=O) groups is 1. The van der Waals surface area contributed by atoms with Gasteiger partial charge in [0.05, 0.1) is 12.2 Å². The van der Waals surface area contributed by atoms with Gasteiger partial charge in [-0.2, -0.15) is 26.3 Å². The average Bonchev–Trinajstić information content (AvgIpc) is 2.79. The maximum atomic E-state index is 12.9. The first-order valence-corrected chi connectivity index (χ1v) is 12.0. The Morgan fingerprint density at radius 1 is 1.22 bits per heavy atom. The van der Waals surface area contributed by atoms with Crippen molar-refractivity contribution in [1.82, 2.24) is 15.0 Å². The van der Waals surface area contributed by atoms with E-state index in [9.17, 15) is 26.4 Å². The normalized spacial score (nSPS) is 11.7. The standard InChI is InChI=1S/C20H23ClF3N3O8S/c1-32-7-8-33-15-4-3-13(11-26-19(29)35-36(30,31)27-5-2-6-28)17(10-15)34-18-16(21)9-14(12-25-18)20(22,23)24/h3-4,9-10,12,27-28H,2,5-8,11H2,1H3,(H,26,29). The molecule has 0 aliphatic carbocycles. The van der Waals surface area contributed by atoms with Gasteiger partial charge in [0.1, 0.15) is 23.1 Å². The zero-order valence-corrected chi connectivity index (χ0v) is 20.4. The van der Waals surface area contributed by atoms with Crippen molar-refractivity contribution in [1.29, 1.82) is 0 Å². The summed E-state index contributed by atoms with van der Waals surface area (Å²) >= 11 is 5.92. The fourth-order valence-corrected chi connectivity index (χ4v) is 3.39. The zero-order chi connectivity index (χ0) is 26.8. The predicted octanol–water partition coefficient (Wildman–Crippen LogP) is 3.01. The highest BCUT2D eigenvalue weighted by Gasteiger charge is 2.32. The molecule has 1 heterocycles. The second-order valence-corrected chi connectivity index (χ2v) is 8.64. The second-order valence-electron chi connectivity index (χ2n) is 6.87. The molecule has 36 heavy (non-hydrogen) atoms. The Morgan fingerprint density at radius 3 is 2.61 bits per heavy atom. The van der Waals surface area contributed by atoms with Crippen LogP contribution in [-0.4, -0.2) is 58.1 Å². The number of amides is 1. The number of hydrogen-bond acceptors (Lipinski definition) is 9. The highest BCUT2D eigenvalue weighted by atomic mass is 35.5. The summed E-state index contributed by atoms with van der Waals surface area (Å²) in [4.78, 5) is 15.6. The molecule has 0 fully saturated rings. The number of ether oxygens (including phenoxy) is 3. The molecule has 0 aliphatic rings. The maximum Gasteiger partial charge on any atom is 0.423 e. The van der Waals surface area contributed by atoms with Crippen molar-refractivity contribution >= 4 is 28.0 Å². The largest absolute Gasteiger partial charge is 0.491 e. The Labute approximate surface area is 209 Å². The third kappa shape index (κ3) is 9.66. The van der Waals surface area contributed by atoms with Gasteiger partial charge in [0.25, 0.3) is 0 Å². The topological polar surface area (TPSA) is 145 Å². The molecule has 0 atom stereocenters. The first-order chi connectivity index (χ1) is 16.9. The molecule has 1 amide bonds. The number of carbonyl (C=O) groups excluding carboxylic acids is 1. The van der Waals surface area contributed by atoms with Crippen molar-refractivity contribution in [3.05, 3.63) is 46.6 Å². The Bertz CT molecular complexity index is 1140. The minimum atomic E-state index is -4.66. The summed E-state index contributed by atoms with van der Waals surface area (Å²) in [6.45, 7) is -0.258. The van der Waals surface area contributed by atoms with Crippen LogP contribution in [0, 0.1) is 0 Å². The van der Waals surface area contributed by atoms with Gasteiger partial charge in [-0.15, -0.1) is 0 Å². The number of aliphatic hydroxyl groups is 1. The van der Waals surface area contributed by atoms with Gasteiger partial charge in [0.2, 0.25) is 5.88 Å². The molecule has 0 saturated carbocycles. The highest BCUT2D eigenvalue weighted by Crippen LogP contribution is 2.36. The molecule has 0 aliphatic heterocycles. The molecule has 11 nitrogen and oxygen atoms in total. The minimum Gasteiger partial charge on any atom is -0.491 e. The van der Waals surface area contributed by atoms with Crippen LogP contribution in [0.15, 0.2) is 30.5 Å². The van der Waals surface area contributed by atoms with E-state index >= 15 is 0 Å². The number of hydrogen-bond donors (Lipinski definition) is 3. The average molecular weight is 558 g/mol. The van der Waals surface area contributed by atoms with Crippen LogP contribution in [0.3, 0.4) is 0 Å². The Hall–Kier alpha value is -2.85. The van der Waals surface area contributed by atoms with E-state index in [-0.39, 0.29) is 56.5 Å². The fraction of sp³-hybridized carbons (Fsp3) is 0.400.